The van der Waals surface area contributed by atoms with Gasteiger partial charge < -0.3 is 0 Å². The molecule has 1 unspecified atom stereocenters. The third kappa shape index (κ3) is 2.91. The van der Waals surface area contributed by atoms with Gasteiger partial charge in [-0.05, 0) is 34.4 Å². The molecule has 1 atom stereocenters. The van der Waals surface area contributed by atoms with Crippen LogP contribution in [0.15, 0.2) is 42.5 Å². The molecule has 2 rings (SSSR count). The Bertz CT molecular complexity index is 548. The Morgan fingerprint density at radius 1 is 1.17 bits per heavy atom. The highest BCUT2D eigenvalue weighted by atomic mass is 35.5. The van der Waals surface area contributed by atoms with E-state index in [1.807, 2.05) is 18.2 Å². The number of unbranched alkanes of at least 4 members (excludes halogenated alkanes) is 1. The minimum Gasteiger partial charge on any atom is -0.281 e. The Hall–Kier alpha value is -1.34. The first-order valence-corrected chi connectivity index (χ1v) is 6.78. The van der Waals surface area contributed by atoms with Gasteiger partial charge in [0.05, 0.1) is 5.92 Å². The molecule has 94 valence electrons. The summed E-state index contributed by atoms with van der Waals surface area (Å²) in [6.45, 7) is 2.12. The number of hydrogen-bond acceptors (Lipinski definition) is 1. The van der Waals surface area contributed by atoms with E-state index in [1.165, 1.54) is 5.39 Å². The molecule has 0 bridgehead atoms. The van der Waals surface area contributed by atoms with Crippen molar-refractivity contribution in [3.05, 3.63) is 48.0 Å². The molecule has 0 aliphatic heterocycles. The van der Waals surface area contributed by atoms with Crippen LogP contribution in [0.2, 0.25) is 0 Å². The van der Waals surface area contributed by atoms with Gasteiger partial charge in [-0.1, -0.05) is 62.2 Å². The topological polar surface area (TPSA) is 17.1 Å². The number of benzene rings is 2. The Kier molecular flexibility index (Phi) is 4.38. The predicted octanol–water partition coefficient (Wildman–Crippen LogP) is 4.88. The number of fused-ring (bicyclic) bond motifs is 1. The molecule has 1 nitrogen and oxygen atoms in total. The molecule has 0 radical (unpaired) electrons. The van der Waals surface area contributed by atoms with Crippen molar-refractivity contribution in [3.8, 4) is 0 Å². The maximum atomic E-state index is 11.6. The highest BCUT2D eigenvalue weighted by Gasteiger charge is 2.18. The van der Waals surface area contributed by atoms with E-state index >= 15 is 0 Å². The molecule has 0 fully saturated rings. The van der Waals surface area contributed by atoms with Crippen LogP contribution in [0.1, 0.15) is 37.7 Å². The van der Waals surface area contributed by atoms with Gasteiger partial charge in [-0.3, -0.25) is 4.79 Å². The van der Waals surface area contributed by atoms with Gasteiger partial charge in [0, 0.05) is 0 Å². The molecule has 18 heavy (non-hydrogen) atoms. The van der Waals surface area contributed by atoms with Gasteiger partial charge in [0.25, 0.3) is 0 Å². The van der Waals surface area contributed by atoms with Crippen LogP contribution in [0.4, 0.5) is 0 Å². The third-order valence-corrected chi connectivity index (χ3v) is 3.56. The number of carbonyl (C=O) groups excluding carboxylic acids is 1. The summed E-state index contributed by atoms with van der Waals surface area (Å²) in [5.74, 6) is -0.170. The molecule has 2 aromatic carbocycles. The smallest absolute Gasteiger partial charge is 0.229 e. The lowest BCUT2D eigenvalue weighted by molar-refractivity contribution is -0.113. The van der Waals surface area contributed by atoms with Crippen molar-refractivity contribution < 1.29 is 4.79 Å². The molecular formula is C16H17ClO. The molecule has 0 aliphatic carbocycles. The molecule has 0 N–H and O–H groups in total. The summed E-state index contributed by atoms with van der Waals surface area (Å²) in [7, 11) is 0. The van der Waals surface area contributed by atoms with Crippen LogP contribution >= 0.6 is 11.6 Å². The van der Waals surface area contributed by atoms with Crippen molar-refractivity contribution in [1.82, 2.24) is 0 Å². The average Bonchev–Trinajstić information content (AvgIpc) is 2.38. The van der Waals surface area contributed by atoms with Crippen molar-refractivity contribution in [1.29, 1.82) is 0 Å². The van der Waals surface area contributed by atoms with Crippen molar-refractivity contribution in [2.45, 2.75) is 32.1 Å². The minimum absolute atomic E-state index is 0.170. The van der Waals surface area contributed by atoms with Crippen LogP contribution in [0.5, 0.6) is 0 Å². The highest BCUT2D eigenvalue weighted by molar-refractivity contribution is 6.64. The van der Waals surface area contributed by atoms with E-state index in [9.17, 15) is 4.79 Å². The summed E-state index contributed by atoms with van der Waals surface area (Å²) >= 11 is 5.73. The van der Waals surface area contributed by atoms with E-state index < -0.39 is 0 Å². The van der Waals surface area contributed by atoms with E-state index in [0.717, 1.165) is 30.2 Å². The molecule has 0 spiro atoms. The normalized spacial score (nSPS) is 12.6. The minimum atomic E-state index is -0.251. The molecule has 2 aromatic rings. The number of carbonyl (C=O) groups is 1. The van der Waals surface area contributed by atoms with Gasteiger partial charge in [0.15, 0.2) is 0 Å². The molecule has 2 heteroatoms. The van der Waals surface area contributed by atoms with E-state index in [2.05, 4.69) is 31.2 Å². The predicted molar refractivity (Wildman–Crippen MR) is 77.1 cm³/mol. The number of hydrogen-bond donors (Lipinski definition) is 0. The first-order valence-electron chi connectivity index (χ1n) is 6.40. The molecule has 0 saturated carbocycles. The lowest BCUT2D eigenvalue weighted by Gasteiger charge is -2.13. The van der Waals surface area contributed by atoms with Crippen molar-refractivity contribution in [2.75, 3.05) is 0 Å². The summed E-state index contributed by atoms with van der Waals surface area (Å²) in [6, 6.07) is 14.3. The Labute approximate surface area is 113 Å². The second kappa shape index (κ2) is 6.01. The zero-order chi connectivity index (χ0) is 13.0. The van der Waals surface area contributed by atoms with E-state index in [1.54, 1.807) is 0 Å². The second-order valence-electron chi connectivity index (χ2n) is 4.61. The maximum absolute atomic E-state index is 11.6. The summed E-state index contributed by atoms with van der Waals surface area (Å²) < 4.78 is 0. The molecule has 0 aliphatic rings. The Morgan fingerprint density at radius 2 is 1.89 bits per heavy atom. The van der Waals surface area contributed by atoms with Crippen LogP contribution in [0.25, 0.3) is 10.8 Å². The molecule has 0 aromatic heterocycles. The maximum Gasteiger partial charge on any atom is 0.229 e. The van der Waals surface area contributed by atoms with Crippen molar-refractivity contribution >= 4 is 27.6 Å². The molecular weight excluding hydrogens is 244 g/mol. The molecule has 0 heterocycles. The zero-order valence-corrected chi connectivity index (χ0v) is 11.3. The van der Waals surface area contributed by atoms with E-state index in [-0.39, 0.29) is 11.2 Å². The molecule has 0 amide bonds. The van der Waals surface area contributed by atoms with Crippen molar-refractivity contribution in [3.63, 3.8) is 0 Å². The van der Waals surface area contributed by atoms with Gasteiger partial charge >= 0.3 is 0 Å². The Morgan fingerprint density at radius 3 is 2.56 bits per heavy atom. The summed E-state index contributed by atoms with van der Waals surface area (Å²) in [5.41, 5.74) is 1.03. The van der Waals surface area contributed by atoms with Gasteiger partial charge in [0.2, 0.25) is 5.24 Å². The summed E-state index contributed by atoms with van der Waals surface area (Å²) in [5, 5.41) is 2.10. The summed E-state index contributed by atoms with van der Waals surface area (Å²) in [6.07, 6.45) is 2.93. The quantitative estimate of drug-likeness (QED) is 0.701. The lowest BCUT2D eigenvalue weighted by atomic mass is 9.93. The number of rotatable bonds is 5. The zero-order valence-electron chi connectivity index (χ0n) is 10.5. The SMILES string of the molecule is CCCCC(C(=O)Cl)c1ccc2ccccc2c1. The van der Waals surface area contributed by atoms with Gasteiger partial charge in [-0.2, -0.15) is 0 Å². The van der Waals surface area contributed by atoms with Crippen LogP contribution in [0.3, 0.4) is 0 Å². The standard InChI is InChI=1S/C16H17ClO/c1-2-3-8-15(16(17)18)14-10-9-12-6-4-5-7-13(12)11-14/h4-7,9-11,15H,2-3,8H2,1H3. The van der Waals surface area contributed by atoms with E-state index in [0.29, 0.717) is 0 Å². The third-order valence-electron chi connectivity index (χ3n) is 3.30. The fourth-order valence-electron chi connectivity index (χ4n) is 2.24. The molecule has 0 saturated heterocycles. The first-order chi connectivity index (χ1) is 8.72. The van der Waals surface area contributed by atoms with Crippen LogP contribution in [-0.2, 0) is 4.79 Å². The lowest BCUT2D eigenvalue weighted by Crippen LogP contribution is -2.06. The fourth-order valence-corrected chi connectivity index (χ4v) is 2.48. The largest absolute Gasteiger partial charge is 0.281 e. The summed E-state index contributed by atoms with van der Waals surface area (Å²) in [4.78, 5) is 11.6. The monoisotopic (exact) mass is 260 g/mol. The van der Waals surface area contributed by atoms with Crippen LogP contribution in [-0.4, -0.2) is 5.24 Å². The Balaban J connectivity index is 2.35. The first kappa shape index (κ1) is 13.1. The average molecular weight is 261 g/mol. The van der Waals surface area contributed by atoms with Crippen LogP contribution in [0, 0.1) is 0 Å². The highest BCUT2D eigenvalue weighted by Crippen LogP contribution is 2.27. The van der Waals surface area contributed by atoms with E-state index in [4.69, 9.17) is 11.6 Å². The van der Waals surface area contributed by atoms with Crippen LogP contribution < -0.4 is 0 Å². The van der Waals surface area contributed by atoms with Gasteiger partial charge in [0.1, 0.15) is 0 Å². The number of halogens is 1. The fraction of sp³-hybridized carbons (Fsp3) is 0.312. The van der Waals surface area contributed by atoms with Crippen molar-refractivity contribution in [2.24, 2.45) is 0 Å². The second-order valence-corrected chi connectivity index (χ2v) is 4.98. The van der Waals surface area contributed by atoms with Gasteiger partial charge in [-0.15, -0.1) is 0 Å². The van der Waals surface area contributed by atoms with Gasteiger partial charge in [-0.25, -0.2) is 0 Å².